The Morgan fingerprint density at radius 1 is 1.31 bits per heavy atom. The lowest BCUT2D eigenvalue weighted by molar-refractivity contribution is 0.114. The molecule has 0 unspecified atom stereocenters. The zero-order chi connectivity index (χ0) is 20.5. The van der Waals surface area contributed by atoms with Crippen molar-refractivity contribution in [2.45, 2.75) is 20.1 Å². The van der Waals surface area contributed by atoms with E-state index in [2.05, 4.69) is 6.58 Å². The molecule has 6 nitrogen and oxygen atoms in total. The van der Waals surface area contributed by atoms with Gasteiger partial charge in [0.05, 0.1) is 31.2 Å². The normalized spacial score (nSPS) is 12.5. The van der Waals surface area contributed by atoms with Crippen molar-refractivity contribution >= 4 is 10.9 Å². The highest BCUT2D eigenvalue weighted by molar-refractivity contribution is 5.92. The summed E-state index contributed by atoms with van der Waals surface area (Å²) in [5, 5.41) is 9.84. The molecule has 0 bridgehead atoms. The zero-order valence-corrected chi connectivity index (χ0v) is 16.5. The fourth-order valence-corrected chi connectivity index (χ4v) is 3.72. The van der Waals surface area contributed by atoms with Crippen LogP contribution in [0.15, 0.2) is 53.7 Å². The standard InChI is InChI=1S/C23H23NO5/c1-14-10-17-8-9-28-23(17)21-20(14)22(26)19(11-24(21)13-29-15(2)12-25)16-4-6-18(27-3)7-5-16/h4-7,10-11,25H,2,8-9,12-13H2,1,3H3. The van der Waals surface area contributed by atoms with Gasteiger partial charge >= 0.3 is 0 Å². The highest BCUT2D eigenvalue weighted by Crippen LogP contribution is 2.36. The molecule has 0 fully saturated rings. The van der Waals surface area contributed by atoms with Crippen LogP contribution in [0.5, 0.6) is 11.5 Å². The molecular weight excluding hydrogens is 370 g/mol. The Hall–Kier alpha value is -3.25. The van der Waals surface area contributed by atoms with E-state index >= 15 is 0 Å². The van der Waals surface area contributed by atoms with Gasteiger partial charge in [0.1, 0.15) is 17.3 Å². The van der Waals surface area contributed by atoms with Crippen LogP contribution in [0.1, 0.15) is 11.1 Å². The van der Waals surface area contributed by atoms with Gasteiger partial charge in [-0.2, -0.15) is 0 Å². The average molecular weight is 393 g/mol. The number of pyridine rings is 1. The topological polar surface area (TPSA) is 69.9 Å². The molecule has 1 N–H and O–H groups in total. The molecule has 0 aliphatic carbocycles. The molecule has 2 heterocycles. The molecule has 2 aromatic carbocycles. The molecule has 0 saturated heterocycles. The van der Waals surface area contributed by atoms with E-state index in [9.17, 15) is 9.90 Å². The van der Waals surface area contributed by atoms with Gasteiger partial charge in [-0.25, -0.2) is 0 Å². The lowest BCUT2D eigenvalue weighted by Gasteiger charge is -2.18. The van der Waals surface area contributed by atoms with Gasteiger partial charge in [-0.3, -0.25) is 4.79 Å². The molecule has 6 heteroatoms. The van der Waals surface area contributed by atoms with Crippen LogP contribution in [0, 0.1) is 6.92 Å². The highest BCUT2D eigenvalue weighted by atomic mass is 16.5. The lowest BCUT2D eigenvalue weighted by Crippen LogP contribution is -2.15. The molecule has 1 aliphatic rings. The number of hydrogen-bond acceptors (Lipinski definition) is 5. The van der Waals surface area contributed by atoms with Gasteiger partial charge in [0, 0.05) is 18.2 Å². The second kappa shape index (κ2) is 7.64. The summed E-state index contributed by atoms with van der Waals surface area (Å²) >= 11 is 0. The molecule has 0 radical (unpaired) electrons. The number of aromatic nitrogens is 1. The molecule has 0 saturated carbocycles. The van der Waals surface area contributed by atoms with E-state index in [1.165, 1.54) is 0 Å². The van der Waals surface area contributed by atoms with Crippen molar-refractivity contribution in [3.05, 3.63) is 70.2 Å². The first-order valence-corrected chi connectivity index (χ1v) is 9.41. The monoisotopic (exact) mass is 393 g/mol. The Labute approximate surface area is 168 Å². The SMILES string of the molecule is C=C(CO)OCn1cc(-c2ccc(OC)cc2)c(=O)c2c(C)cc3c(c21)OCC3. The Morgan fingerprint density at radius 2 is 2.07 bits per heavy atom. The summed E-state index contributed by atoms with van der Waals surface area (Å²) < 4.78 is 18.5. The van der Waals surface area contributed by atoms with Gasteiger partial charge in [0.2, 0.25) is 0 Å². The fourth-order valence-electron chi connectivity index (χ4n) is 3.72. The fraction of sp³-hybridized carbons (Fsp3) is 0.261. The third-order valence-electron chi connectivity index (χ3n) is 5.18. The number of benzene rings is 2. The zero-order valence-electron chi connectivity index (χ0n) is 16.5. The number of fused-ring (bicyclic) bond motifs is 3. The first kappa shape index (κ1) is 19.1. The van der Waals surface area contributed by atoms with Crippen molar-refractivity contribution in [3.63, 3.8) is 0 Å². The Morgan fingerprint density at radius 3 is 2.76 bits per heavy atom. The largest absolute Gasteiger partial charge is 0.497 e. The maximum Gasteiger partial charge on any atom is 0.197 e. The summed E-state index contributed by atoms with van der Waals surface area (Å²) in [7, 11) is 1.60. The molecule has 0 spiro atoms. The minimum absolute atomic E-state index is 0.0572. The van der Waals surface area contributed by atoms with Crippen LogP contribution >= 0.6 is 0 Å². The smallest absolute Gasteiger partial charge is 0.197 e. The van der Waals surface area contributed by atoms with Gasteiger partial charge in [-0.05, 0) is 35.7 Å². The molecule has 4 rings (SSSR count). The summed E-state index contributed by atoms with van der Waals surface area (Å²) in [5.74, 6) is 1.70. The van der Waals surface area contributed by atoms with Crippen molar-refractivity contribution in [1.82, 2.24) is 4.57 Å². The lowest BCUT2D eigenvalue weighted by atomic mass is 9.98. The van der Waals surface area contributed by atoms with Gasteiger partial charge in [0.25, 0.3) is 0 Å². The van der Waals surface area contributed by atoms with Crippen molar-refractivity contribution in [1.29, 1.82) is 0 Å². The third kappa shape index (κ3) is 3.36. The minimum atomic E-state index is -0.267. The summed E-state index contributed by atoms with van der Waals surface area (Å²) in [6, 6.07) is 9.40. The molecule has 1 aromatic heterocycles. The molecule has 0 atom stereocenters. The van der Waals surface area contributed by atoms with Crippen molar-refractivity contribution in [2.24, 2.45) is 0 Å². The quantitative estimate of drug-likeness (QED) is 0.650. The van der Waals surface area contributed by atoms with E-state index in [1.54, 1.807) is 13.3 Å². The summed E-state index contributed by atoms with van der Waals surface area (Å²) in [6.07, 6.45) is 2.59. The summed E-state index contributed by atoms with van der Waals surface area (Å²) in [5.41, 5.74) is 3.98. The van der Waals surface area contributed by atoms with E-state index in [4.69, 9.17) is 14.2 Å². The van der Waals surface area contributed by atoms with Crippen molar-refractivity contribution in [3.8, 4) is 22.6 Å². The summed E-state index contributed by atoms with van der Waals surface area (Å²) in [6.45, 7) is 6.06. The third-order valence-corrected chi connectivity index (χ3v) is 5.18. The Kier molecular flexibility index (Phi) is 5.03. The molecule has 150 valence electrons. The van der Waals surface area contributed by atoms with Crippen LogP contribution in [0.25, 0.3) is 22.0 Å². The predicted molar refractivity (Wildman–Crippen MR) is 111 cm³/mol. The number of methoxy groups -OCH3 is 1. The number of nitrogens with zero attached hydrogens (tertiary/aromatic N) is 1. The van der Waals surface area contributed by atoms with E-state index in [-0.39, 0.29) is 24.5 Å². The van der Waals surface area contributed by atoms with E-state index in [0.29, 0.717) is 23.1 Å². The van der Waals surface area contributed by atoms with Gasteiger partial charge < -0.3 is 23.9 Å². The van der Waals surface area contributed by atoms with Crippen LogP contribution in [-0.2, 0) is 17.9 Å². The number of aryl methyl sites for hydroxylation is 1. The van der Waals surface area contributed by atoms with Gasteiger partial charge in [-0.15, -0.1) is 0 Å². The number of aliphatic hydroxyl groups excluding tert-OH is 1. The predicted octanol–water partition coefficient (Wildman–Crippen LogP) is 3.40. The first-order chi connectivity index (χ1) is 14.0. The van der Waals surface area contributed by atoms with E-state index < -0.39 is 0 Å². The number of aliphatic hydroxyl groups is 1. The summed E-state index contributed by atoms with van der Waals surface area (Å²) in [4.78, 5) is 13.5. The maximum atomic E-state index is 13.5. The molecule has 0 amide bonds. The van der Waals surface area contributed by atoms with E-state index in [1.807, 2.05) is 41.8 Å². The maximum absolute atomic E-state index is 13.5. The number of hydrogen-bond donors (Lipinski definition) is 1. The van der Waals surface area contributed by atoms with Crippen molar-refractivity contribution in [2.75, 3.05) is 20.3 Å². The van der Waals surface area contributed by atoms with Crippen molar-refractivity contribution < 1.29 is 19.3 Å². The number of ether oxygens (including phenoxy) is 3. The second-order valence-corrected chi connectivity index (χ2v) is 7.04. The highest BCUT2D eigenvalue weighted by Gasteiger charge is 2.23. The van der Waals surface area contributed by atoms with Crippen LogP contribution in [-0.4, -0.2) is 30.0 Å². The Balaban J connectivity index is 1.97. The molecule has 3 aromatic rings. The van der Waals surface area contributed by atoms with Gasteiger partial charge in [0.15, 0.2) is 12.2 Å². The first-order valence-electron chi connectivity index (χ1n) is 9.41. The second-order valence-electron chi connectivity index (χ2n) is 7.04. The van der Waals surface area contributed by atoms with E-state index in [0.717, 1.165) is 34.6 Å². The van der Waals surface area contributed by atoms with Crippen LogP contribution in [0.3, 0.4) is 0 Å². The molecule has 1 aliphatic heterocycles. The average Bonchev–Trinajstić information content (AvgIpc) is 3.21. The number of rotatable bonds is 6. The minimum Gasteiger partial charge on any atom is -0.497 e. The van der Waals surface area contributed by atoms with Gasteiger partial charge in [-0.1, -0.05) is 24.8 Å². The van der Waals surface area contributed by atoms with Crippen LogP contribution in [0.2, 0.25) is 0 Å². The Bertz CT molecular complexity index is 1140. The molecular formula is C23H23NO5. The molecule has 29 heavy (non-hydrogen) atoms. The van der Waals surface area contributed by atoms with Crippen LogP contribution in [0.4, 0.5) is 0 Å². The van der Waals surface area contributed by atoms with Crippen LogP contribution < -0.4 is 14.9 Å².